The number of hydrogen-bond donors (Lipinski definition) is 1. The summed E-state index contributed by atoms with van der Waals surface area (Å²) >= 11 is 0. The first-order chi connectivity index (χ1) is 13.5. The number of aromatic nitrogens is 2. The van der Waals surface area contributed by atoms with Crippen molar-refractivity contribution in [3.63, 3.8) is 0 Å². The monoisotopic (exact) mass is 380 g/mol. The van der Waals surface area contributed by atoms with E-state index in [1.54, 1.807) is 4.68 Å². The van der Waals surface area contributed by atoms with Gasteiger partial charge in [0.05, 0.1) is 10.5 Å². The van der Waals surface area contributed by atoms with E-state index < -0.39 is 10.8 Å². The number of rotatable bonds is 5. The molecule has 4 saturated carbocycles. The number of benzene rings is 1. The summed E-state index contributed by atoms with van der Waals surface area (Å²) in [5, 5.41) is 18.9. The summed E-state index contributed by atoms with van der Waals surface area (Å²) in [6, 6.07) is 9.51. The highest BCUT2D eigenvalue weighted by Crippen LogP contribution is 2.58. The molecular weight excluding hydrogens is 356 g/mol. The van der Waals surface area contributed by atoms with E-state index in [4.69, 9.17) is 0 Å². The highest BCUT2D eigenvalue weighted by molar-refractivity contribution is 5.96. The fraction of sp³-hybridized carbons (Fsp3) is 0.524. The molecule has 1 amide bonds. The zero-order chi connectivity index (χ0) is 19.3. The second-order valence-electron chi connectivity index (χ2n) is 8.87. The van der Waals surface area contributed by atoms with Crippen molar-refractivity contribution in [2.45, 2.75) is 50.6 Å². The van der Waals surface area contributed by atoms with Gasteiger partial charge in [0, 0.05) is 6.54 Å². The molecule has 146 valence electrons. The Balaban J connectivity index is 1.42. The minimum Gasteiger partial charge on any atom is -0.346 e. The van der Waals surface area contributed by atoms with Crippen LogP contribution in [0, 0.1) is 27.9 Å². The largest absolute Gasteiger partial charge is 0.346 e. The smallest absolute Gasteiger partial charge is 0.320 e. The molecule has 4 aliphatic rings. The lowest BCUT2D eigenvalue weighted by molar-refractivity contribution is -0.385. The molecule has 2 aromatic rings. The van der Waals surface area contributed by atoms with Crippen LogP contribution in [0.4, 0.5) is 5.69 Å². The predicted octanol–water partition coefficient (Wildman–Crippen LogP) is 3.65. The van der Waals surface area contributed by atoms with Gasteiger partial charge in [0.25, 0.3) is 5.91 Å². The zero-order valence-electron chi connectivity index (χ0n) is 15.7. The average Bonchev–Trinajstić information content (AvgIpc) is 3.13. The highest BCUT2D eigenvalue weighted by atomic mass is 16.6. The van der Waals surface area contributed by atoms with E-state index in [2.05, 4.69) is 10.4 Å². The molecule has 7 nitrogen and oxygen atoms in total. The number of carbonyl (C=O) groups excluding carboxylic acids is 1. The first-order valence-corrected chi connectivity index (χ1v) is 10.1. The van der Waals surface area contributed by atoms with Crippen LogP contribution >= 0.6 is 0 Å². The number of carbonyl (C=O) groups is 1. The van der Waals surface area contributed by atoms with Crippen LogP contribution in [0.5, 0.6) is 0 Å². The molecule has 6 rings (SSSR count). The van der Waals surface area contributed by atoms with Gasteiger partial charge in [-0.05, 0) is 61.8 Å². The number of amides is 1. The summed E-state index contributed by atoms with van der Waals surface area (Å²) < 4.78 is 1.78. The van der Waals surface area contributed by atoms with Gasteiger partial charge < -0.3 is 5.32 Å². The summed E-state index contributed by atoms with van der Waals surface area (Å²) in [5.74, 6) is 1.61. The minimum atomic E-state index is -0.487. The van der Waals surface area contributed by atoms with Crippen molar-refractivity contribution in [1.82, 2.24) is 15.1 Å². The van der Waals surface area contributed by atoms with Crippen LogP contribution in [-0.2, 0) is 12.1 Å². The van der Waals surface area contributed by atoms with Gasteiger partial charge in [-0.3, -0.25) is 19.6 Å². The van der Waals surface area contributed by atoms with E-state index in [0.717, 1.165) is 24.8 Å². The molecule has 0 aliphatic heterocycles. The van der Waals surface area contributed by atoms with E-state index in [1.165, 1.54) is 25.5 Å². The lowest BCUT2D eigenvalue weighted by Crippen LogP contribution is -2.52. The average molecular weight is 380 g/mol. The van der Waals surface area contributed by atoms with Crippen LogP contribution in [0.25, 0.3) is 0 Å². The SMILES string of the molecule is O=C(NCc1ccccc1)c1nn(C23CC4CC(CC(C4)C2)C3)cc1[N+](=O)[O-]. The van der Waals surface area contributed by atoms with Gasteiger partial charge >= 0.3 is 5.69 Å². The zero-order valence-corrected chi connectivity index (χ0v) is 15.7. The maximum atomic E-state index is 12.7. The standard InChI is InChI=1S/C21H24N4O3/c26-20(22-12-14-4-2-1-3-5-14)19-18(25(27)28)13-24(23-19)21-9-15-6-16(10-21)8-17(7-15)11-21/h1-5,13,15-17H,6-12H2,(H,22,26). The second kappa shape index (κ2) is 6.43. The van der Waals surface area contributed by atoms with E-state index >= 15 is 0 Å². The summed E-state index contributed by atoms with van der Waals surface area (Å²) in [6.07, 6.45) is 8.45. The lowest BCUT2D eigenvalue weighted by Gasteiger charge is -2.56. The van der Waals surface area contributed by atoms with Crippen LogP contribution in [0.1, 0.15) is 54.6 Å². The highest BCUT2D eigenvalue weighted by Gasteiger charge is 2.53. The maximum absolute atomic E-state index is 12.7. The molecular formula is C21H24N4O3. The first kappa shape index (κ1) is 17.4. The van der Waals surface area contributed by atoms with Crippen molar-refractivity contribution in [2.24, 2.45) is 17.8 Å². The van der Waals surface area contributed by atoms with Crippen LogP contribution < -0.4 is 5.32 Å². The van der Waals surface area contributed by atoms with Crippen LogP contribution in [0.15, 0.2) is 36.5 Å². The topological polar surface area (TPSA) is 90.1 Å². The van der Waals surface area contributed by atoms with Crippen LogP contribution in [0.2, 0.25) is 0 Å². The van der Waals surface area contributed by atoms with Crippen molar-refractivity contribution in [1.29, 1.82) is 0 Å². The maximum Gasteiger partial charge on any atom is 0.320 e. The van der Waals surface area contributed by atoms with Crippen molar-refractivity contribution in [3.8, 4) is 0 Å². The Morgan fingerprint density at radius 3 is 2.32 bits per heavy atom. The molecule has 0 saturated heterocycles. The van der Waals surface area contributed by atoms with E-state index in [0.29, 0.717) is 24.3 Å². The molecule has 0 unspecified atom stereocenters. The van der Waals surface area contributed by atoms with Gasteiger partial charge in [-0.1, -0.05) is 30.3 Å². The van der Waals surface area contributed by atoms with Gasteiger partial charge in [0.15, 0.2) is 0 Å². The quantitative estimate of drug-likeness (QED) is 0.633. The van der Waals surface area contributed by atoms with E-state index in [-0.39, 0.29) is 16.9 Å². The second-order valence-corrected chi connectivity index (χ2v) is 8.87. The number of nitrogens with zero attached hydrogens (tertiary/aromatic N) is 3. The summed E-state index contributed by atoms with van der Waals surface area (Å²) in [4.78, 5) is 23.8. The molecule has 4 bridgehead atoms. The third-order valence-corrected chi connectivity index (χ3v) is 6.89. The Labute approximate surface area is 163 Å². The van der Waals surface area contributed by atoms with Crippen molar-refractivity contribution < 1.29 is 9.72 Å². The fourth-order valence-electron chi connectivity index (χ4n) is 6.11. The molecule has 1 aromatic heterocycles. The van der Waals surface area contributed by atoms with Crippen LogP contribution in [-0.4, -0.2) is 20.6 Å². The third-order valence-electron chi connectivity index (χ3n) is 6.89. The van der Waals surface area contributed by atoms with Crippen molar-refractivity contribution >= 4 is 11.6 Å². The minimum absolute atomic E-state index is 0.0725. The molecule has 1 aromatic carbocycles. The molecule has 0 radical (unpaired) electrons. The van der Waals surface area contributed by atoms with E-state index in [9.17, 15) is 14.9 Å². The predicted molar refractivity (Wildman–Crippen MR) is 103 cm³/mol. The Bertz CT molecular complexity index is 886. The molecule has 28 heavy (non-hydrogen) atoms. The molecule has 4 fully saturated rings. The number of nitro groups is 1. The third kappa shape index (κ3) is 2.89. The van der Waals surface area contributed by atoms with Gasteiger partial charge in [-0.2, -0.15) is 5.10 Å². The fourth-order valence-corrected chi connectivity index (χ4v) is 6.11. The summed E-state index contributed by atoms with van der Waals surface area (Å²) in [7, 11) is 0. The molecule has 0 atom stereocenters. The molecule has 7 heteroatoms. The Kier molecular flexibility index (Phi) is 4.00. The van der Waals surface area contributed by atoms with Crippen molar-refractivity contribution in [3.05, 3.63) is 57.9 Å². The van der Waals surface area contributed by atoms with Gasteiger partial charge in [0.2, 0.25) is 5.69 Å². The number of nitrogens with one attached hydrogen (secondary N) is 1. The van der Waals surface area contributed by atoms with Gasteiger partial charge in [-0.25, -0.2) is 0 Å². The summed E-state index contributed by atoms with van der Waals surface area (Å²) in [6.45, 7) is 0.320. The normalized spacial score (nSPS) is 30.4. The summed E-state index contributed by atoms with van der Waals surface area (Å²) in [5.41, 5.74) is 0.536. The van der Waals surface area contributed by atoms with Gasteiger partial charge in [0.1, 0.15) is 6.20 Å². The molecule has 1 heterocycles. The van der Waals surface area contributed by atoms with Crippen LogP contribution in [0.3, 0.4) is 0 Å². The Hall–Kier alpha value is -2.70. The molecule has 1 N–H and O–H groups in total. The Morgan fingerprint density at radius 1 is 1.14 bits per heavy atom. The molecule has 4 aliphatic carbocycles. The lowest BCUT2D eigenvalue weighted by atomic mass is 9.53. The number of hydrogen-bond acceptors (Lipinski definition) is 4. The van der Waals surface area contributed by atoms with Gasteiger partial charge in [-0.15, -0.1) is 0 Å². The Morgan fingerprint density at radius 2 is 1.75 bits per heavy atom. The molecule has 0 spiro atoms. The van der Waals surface area contributed by atoms with Crippen molar-refractivity contribution in [2.75, 3.05) is 0 Å². The van der Waals surface area contributed by atoms with E-state index in [1.807, 2.05) is 30.3 Å². The first-order valence-electron chi connectivity index (χ1n) is 10.1.